The maximum atomic E-state index is 5.79. The van der Waals surface area contributed by atoms with Crippen molar-refractivity contribution in [2.45, 2.75) is 58.7 Å². The molecule has 0 spiro atoms. The lowest BCUT2D eigenvalue weighted by atomic mass is 10.2. The van der Waals surface area contributed by atoms with Gasteiger partial charge < -0.3 is 5.73 Å². The van der Waals surface area contributed by atoms with Crippen LogP contribution in [0.4, 0.5) is 0 Å². The Hall–Kier alpha value is -0.0800. The fraction of sp³-hybridized carbons (Fsp3) is 1.00. The Morgan fingerprint density at radius 3 is 2.00 bits per heavy atom. The predicted molar refractivity (Wildman–Crippen MR) is 57.7 cm³/mol. The van der Waals surface area contributed by atoms with E-state index in [9.17, 15) is 0 Å². The Balaban J connectivity index is 2.22. The molecule has 0 aromatic carbocycles. The molecule has 2 N–H and O–H groups in total. The van der Waals surface area contributed by atoms with Crippen LogP contribution in [0, 0.1) is 5.92 Å². The molecule has 0 heterocycles. The summed E-state index contributed by atoms with van der Waals surface area (Å²) < 4.78 is 0. The Labute approximate surface area is 82.5 Å². The van der Waals surface area contributed by atoms with Gasteiger partial charge in [-0.15, -0.1) is 0 Å². The molecule has 2 nitrogen and oxygen atoms in total. The highest BCUT2D eigenvalue weighted by Gasteiger charge is 2.33. The topological polar surface area (TPSA) is 29.3 Å². The molecule has 1 rings (SSSR count). The van der Waals surface area contributed by atoms with Crippen molar-refractivity contribution in [1.29, 1.82) is 0 Å². The van der Waals surface area contributed by atoms with Crippen LogP contribution in [0.5, 0.6) is 0 Å². The van der Waals surface area contributed by atoms with Gasteiger partial charge in [0, 0.05) is 18.1 Å². The van der Waals surface area contributed by atoms with Crippen LogP contribution in [0.15, 0.2) is 0 Å². The van der Waals surface area contributed by atoms with Crippen LogP contribution >= 0.6 is 0 Å². The Morgan fingerprint density at radius 2 is 1.69 bits per heavy atom. The van der Waals surface area contributed by atoms with Gasteiger partial charge in [0.2, 0.25) is 0 Å². The molecule has 0 aromatic rings. The third-order valence-electron chi connectivity index (χ3n) is 3.06. The van der Waals surface area contributed by atoms with Gasteiger partial charge in [0.05, 0.1) is 0 Å². The molecule has 2 atom stereocenters. The summed E-state index contributed by atoms with van der Waals surface area (Å²) in [6, 6.07) is 1.84. The van der Waals surface area contributed by atoms with E-state index in [4.69, 9.17) is 5.73 Å². The minimum absolute atomic E-state index is 0.515. The van der Waals surface area contributed by atoms with Gasteiger partial charge in [0.25, 0.3) is 0 Å². The van der Waals surface area contributed by atoms with Crippen molar-refractivity contribution in [3.05, 3.63) is 0 Å². The first kappa shape index (κ1) is 11.0. The molecule has 0 radical (unpaired) electrons. The molecule has 1 aliphatic carbocycles. The second kappa shape index (κ2) is 4.43. The molecule has 0 bridgehead atoms. The molecule has 1 fully saturated rings. The van der Waals surface area contributed by atoms with Gasteiger partial charge in [0.1, 0.15) is 0 Å². The van der Waals surface area contributed by atoms with E-state index < -0.39 is 0 Å². The minimum atomic E-state index is 0.515. The maximum absolute atomic E-state index is 5.79. The van der Waals surface area contributed by atoms with Crippen molar-refractivity contribution in [2.24, 2.45) is 11.7 Å². The average molecular weight is 184 g/mol. The molecule has 0 aromatic heterocycles. The second-order valence-corrected chi connectivity index (χ2v) is 4.87. The van der Waals surface area contributed by atoms with Gasteiger partial charge in [-0.05, 0) is 53.0 Å². The first-order valence-electron chi connectivity index (χ1n) is 5.53. The number of rotatable bonds is 5. The van der Waals surface area contributed by atoms with E-state index in [0.29, 0.717) is 18.1 Å². The lowest BCUT2D eigenvalue weighted by Gasteiger charge is -2.30. The predicted octanol–water partition coefficient (Wildman–Crippen LogP) is 1.84. The molecule has 2 unspecified atom stereocenters. The molecular formula is C11H24N2. The number of hydrogen-bond donors (Lipinski definition) is 1. The van der Waals surface area contributed by atoms with Crippen molar-refractivity contribution >= 4 is 0 Å². The summed E-state index contributed by atoms with van der Waals surface area (Å²) in [4.78, 5) is 2.55. The first-order valence-corrected chi connectivity index (χ1v) is 5.53. The number of nitrogens with two attached hydrogens (primary N) is 1. The zero-order chi connectivity index (χ0) is 10.0. The van der Waals surface area contributed by atoms with Crippen molar-refractivity contribution in [3.8, 4) is 0 Å². The summed E-state index contributed by atoms with van der Waals surface area (Å²) in [5, 5.41) is 0. The second-order valence-electron chi connectivity index (χ2n) is 4.87. The SMILES string of the molecule is CC(C)N(CCC1CC1N)C(C)C. The summed E-state index contributed by atoms with van der Waals surface area (Å²) >= 11 is 0. The third-order valence-corrected chi connectivity index (χ3v) is 3.06. The van der Waals surface area contributed by atoms with E-state index in [2.05, 4.69) is 32.6 Å². The number of hydrogen-bond acceptors (Lipinski definition) is 2. The summed E-state index contributed by atoms with van der Waals surface area (Å²) in [5.74, 6) is 0.819. The van der Waals surface area contributed by atoms with Gasteiger partial charge in [0.15, 0.2) is 0 Å². The monoisotopic (exact) mass is 184 g/mol. The van der Waals surface area contributed by atoms with Crippen LogP contribution in [-0.4, -0.2) is 29.6 Å². The third kappa shape index (κ3) is 3.28. The molecule has 2 heteroatoms. The van der Waals surface area contributed by atoms with Gasteiger partial charge in [-0.2, -0.15) is 0 Å². The molecule has 0 aliphatic heterocycles. The highest BCUT2D eigenvalue weighted by molar-refractivity contribution is 4.90. The van der Waals surface area contributed by atoms with Crippen molar-refractivity contribution in [3.63, 3.8) is 0 Å². The molecule has 78 valence electrons. The smallest absolute Gasteiger partial charge is 0.00714 e. The van der Waals surface area contributed by atoms with E-state index in [1.54, 1.807) is 0 Å². The highest BCUT2D eigenvalue weighted by atomic mass is 15.2. The quantitative estimate of drug-likeness (QED) is 0.706. The molecule has 1 aliphatic rings. The summed E-state index contributed by atoms with van der Waals surface area (Å²) in [5.41, 5.74) is 5.79. The Bertz CT molecular complexity index is 146. The molecule has 0 saturated heterocycles. The first-order chi connectivity index (χ1) is 6.02. The largest absolute Gasteiger partial charge is 0.327 e. The van der Waals surface area contributed by atoms with Crippen LogP contribution in [0.2, 0.25) is 0 Å². The van der Waals surface area contributed by atoms with E-state index in [1.165, 1.54) is 19.4 Å². The van der Waals surface area contributed by atoms with Gasteiger partial charge in [-0.1, -0.05) is 0 Å². The normalized spacial score (nSPS) is 27.7. The van der Waals surface area contributed by atoms with Crippen LogP contribution in [0.1, 0.15) is 40.5 Å². The lowest BCUT2D eigenvalue weighted by Crippen LogP contribution is -2.38. The van der Waals surface area contributed by atoms with E-state index in [0.717, 1.165) is 5.92 Å². The average Bonchev–Trinajstić information content (AvgIpc) is 2.65. The van der Waals surface area contributed by atoms with Crippen molar-refractivity contribution < 1.29 is 0 Å². The van der Waals surface area contributed by atoms with Gasteiger partial charge >= 0.3 is 0 Å². The summed E-state index contributed by atoms with van der Waals surface area (Å²) in [6.45, 7) is 10.3. The Morgan fingerprint density at radius 1 is 1.23 bits per heavy atom. The van der Waals surface area contributed by atoms with E-state index in [1.807, 2.05) is 0 Å². The van der Waals surface area contributed by atoms with Gasteiger partial charge in [-0.25, -0.2) is 0 Å². The highest BCUT2D eigenvalue weighted by Crippen LogP contribution is 2.31. The zero-order valence-electron chi connectivity index (χ0n) is 9.46. The van der Waals surface area contributed by atoms with Crippen LogP contribution in [-0.2, 0) is 0 Å². The van der Waals surface area contributed by atoms with E-state index >= 15 is 0 Å². The maximum Gasteiger partial charge on any atom is 0.00714 e. The molecule has 0 amide bonds. The van der Waals surface area contributed by atoms with Gasteiger partial charge in [-0.3, -0.25) is 4.90 Å². The van der Waals surface area contributed by atoms with Crippen LogP contribution in [0.3, 0.4) is 0 Å². The minimum Gasteiger partial charge on any atom is -0.327 e. The molecular weight excluding hydrogens is 160 g/mol. The van der Waals surface area contributed by atoms with Crippen LogP contribution in [0.25, 0.3) is 0 Å². The number of nitrogens with zero attached hydrogens (tertiary/aromatic N) is 1. The standard InChI is InChI=1S/C11H24N2/c1-8(2)13(9(3)4)6-5-10-7-11(10)12/h8-11H,5-7,12H2,1-4H3. The summed E-state index contributed by atoms with van der Waals surface area (Å²) in [7, 11) is 0. The zero-order valence-corrected chi connectivity index (χ0v) is 9.46. The summed E-state index contributed by atoms with van der Waals surface area (Å²) in [6.07, 6.45) is 2.54. The molecule has 13 heavy (non-hydrogen) atoms. The molecule has 1 saturated carbocycles. The Kier molecular flexibility index (Phi) is 3.74. The fourth-order valence-corrected chi connectivity index (χ4v) is 2.03. The van der Waals surface area contributed by atoms with Crippen molar-refractivity contribution in [2.75, 3.05) is 6.54 Å². The lowest BCUT2D eigenvalue weighted by molar-refractivity contribution is 0.169. The fourth-order valence-electron chi connectivity index (χ4n) is 2.03. The van der Waals surface area contributed by atoms with E-state index in [-0.39, 0.29) is 0 Å². The van der Waals surface area contributed by atoms with Crippen LogP contribution < -0.4 is 5.73 Å². The van der Waals surface area contributed by atoms with Crippen molar-refractivity contribution in [1.82, 2.24) is 4.90 Å².